The maximum Gasteiger partial charge on any atom is 0.0109 e. The van der Waals surface area contributed by atoms with Crippen LogP contribution in [0.4, 0.5) is 0 Å². The Labute approximate surface area is 118 Å². The van der Waals surface area contributed by atoms with E-state index in [0.717, 1.165) is 5.25 Å². The van der Waals surface area contributed by atoms with Crippen LogP contribution >= 0.6 is 11.8 Å². The molecule has 1 aliphatic heterocycles. The minimum Gasteiger partial charge on any atom is -0.317 e. The van der Waals surface area contributed by atoms with Crippen molar-refractivity contribution in [3.05, 3.63) is 0 Å². The molecule has 0 atom stereocenters. The topological polar surface area (TPSA) is 18.5 Å². The smallest absolute Gasteiger partial charge is 0.0109 e. The first-order valence-electron chi connectivity index (χ1n) is 7.41. The molecule has 3 nitrogen and oxygen atoms in total. The molecule has 0 unspecified atom stereocenters. The molecule has 1 N–H and O–H groups in total. The summed E-state index contributed by atoms with van der Waals surface area (Å²) in [4.78, 5) is 4.90. The van der Waals surface area contributed by atoms with E-state index in [1.165, 1.54) is 64.3 Å². The summed E-state index contributed by atoms with van der Waals surface area (Å²) in [6, 6.07) is 0. The highest BCUT2D eigenvalue weighted by Crippen LogP contribution is 2.19. The number of rotatable bonds is 9. The number of likely N-dealkylation sites (N-methyl/N-ethyl adjacent to an activating group) is 1. The highest BCUT2D eigenvalue weighted by atomic mass is 32.2. The molecular weight excluding hydrogens is 242 g/mol. The monoisotopic (exact) mass is 273 g/mol. The summed E-state index contributed by atoms with van der Waals surface area (Å²) >= 11 is 2.19. The molecule has 18 heavy (non-hydrogen) atoms. The van der Waals surface area contributed by atoms with Crippen LogP contribution < -0.4 is 5.32 Å². The fraction of sp³-hybridized carbons (Fsp3) is 1.00. The van der Waals surface area contributed by atoms with E-state index in [1.807, 2.05) is 0 Å². The normalized spacial score (nSPS) is 17.8. The number of piperidine rings is 1. The predicted molar refractivity (Wildman–Crippen MR) is 83.6 cm³/mol. The average molecular weight is 273 g/mol. The number of thioether (sulfide) groups is 1. The minimum atomic E-state index is 0.906. The fourth-order valence-electron chi connectivity index (χ4n) is 2.30. The predicted octanol–water partition coefficient (Wildman–Crippen LogP) is 1.75. The largest absolute Gasteiger partial charge is 0.317 e. The Kier molecular flexibility index (Phi) is 9.11. The van der Waals surface area contributed by atoms with E-state index in [1.54, 1.807) is 0 Å². The van der Waals surface area contributed by atoms with Gasteiger partial charge in [0.25, 0.3) is 0 Å². The van der Waals surface area contributed by atoms with Gasteiger partial charge in [0.2, 0.25) is 0 Å². The lowest BCUT2D eigenvalue weighted by molar-refractivity contribution is 0.253. The lowest BCUT2D eigenvalue weighted by Crippen LogP contribution is -2.35. The van der Waals surface area contributed by atoms with Crippen molar-refractivity contribution in [3.63, 3.8) is 0 Å². The molecule has 1 heterocycles. The molecule has 0 aromatic rings. The van der Waals surface area contributed by atoms with E-state index >= 15 is 0 Å². The highest BCUT2D eigenvalue weighted by Gasteiger charge is 2.13. The summed E-state index contributed by atoms with van der Waals surface area (Å²) in [5.74, 6) is 1.30. The second-order valence-corrected chi connectivity index (χ2v) is 6.87. The first-order valence-corrected chi connectivity index (χ1v) is 8.46. The van der Waals surface area contributed by atoms with Crippen molar-refractivity contribution in [2.45, 2.75) is 31.4 Å². The van der Waals surface area contributed by atoms with Crippen LogP contribution in [0.2, 0.25) is 0 Å². The van der Waals surface area contributed by atoms with Gasteiger partial charge < -0.3 is 15.1 Å². The third-order valence-electron chi connectivity index (χ3n) is 3.45. The molecule has 0 amide bonds. The Balaban J connectivity index is 2.11. The van der Waals surface area contributed by atoms with Crippen LogP contribution in [0.15, 0.2) is 0 Å². The lowest BCUT2D eigenvalue weighted by atomic mass is 10.2. The van der Waals surface area contributed by atoms with E-state index in [4.69, 9.17) is 0 Å². The van der Waals surface area contributed by atoms with Gasteiger partial charge in [0.05, 0.1) is 0 Å². The summed E-state index contributed by atoms with van der Waals surface area (Å²) in [5, 5.41) is 4.34. The zero-order chi connectivity index (χ0) is 13.2. The SMILES string of the molecule is CCCN(CCSC1CCNCC1)CCN(C)C. The number of nitrogens with zero attached hydrogens (tertiary/aromatic N) is 2. The number of nitrogens with one attached hydrogen (secondary N) is 1. The Morgan fingerprint density at radius 2 is 1.78 bits per heavy atom. The molecule has 0 saturated carbocycles. The highest BCUT2D eigenvalue weighted by molar-refractivity contribution is 7.99. The second-order valence-electron chi connectivity index (χ2n) is 5.47. The lowest BCUT2D eigenvalue weighted by Gasteiger charge is -2.26. The summed E-state index contributed by atoms with van der Waals surface area (Å²) in [7, 11) is 4.32. The zero-order valence-electron chi connectivity index (χ0n) is 12.5. The van der Waals surface area contributed by atoms with Gasteiger partial charge in [0.15, 0.2) is 0 Å². The van der Waals surface area contributed by atoms with E-state index in [-0.39, 0.29) is 0 Å². The molecule has 0 bridgehead atoms. The molecule has 0 aliphatic carbocycles. The quantitative estimate of drug-likeness (QED) is 0.689. The third-order valence-corrected chi connectivity index (χ3v) is 4.81. The van der Waals surface area contributed by atoms with Crippen molar-refractivity contribution < 1.29 is 0 Å². The van der Waals surface area contributed by atoms with Gasteiger partial charge in [0, 0.05) is 30.6 Å². The van der Waals surface area contributed by atoms with Crippen LogP contribution in [-0.4, -0.2) is 74.2 Å². The zero-order valence-corrected chi connectivity index (χ0v) is 13.3. The molecule has 4 heteroatoms. The minimum absolute atomic E-state index is 0.906. The average Bonchev–Trinajstić information content (AvgIpc) is 2.37. The van der Waals surface area contributed by atoms with E-state index in [2.05, 4.69) is 47.9 Å². The van der Waals surface area contributed by atoms with Crippen LogP contribution in [0.1, 0.15) is 26.2 Å². The molecule has 108 valence electrons. The van der Waals surface area contributed by atoms with Crippen molar-refractivity contribution in [2.75, 3.05) is 59.1 Å². The van der Waals surface area contributed by atoms with Crippen LogP contribution in [0.3, 0.4) is 0 Å². The van der Waals surface area contributed by atoms with E-state index in [9.17, 15) is 0 Å². The van der Waals surface area contributed by atoms with Crippen LogP contribution in [-0.2, 0) is 0 Å². The Hall–Kier alpha value is 0.230. The molecular formula is C14H31N3S. The maximum absolute atomic E-state index is 3.44. The summed E-state index contributed by atoms with van der Waals surface area (Å²) in [5.41, 5.74) is 0. The van der Waals surface area contributed by atoms with Crippen LogP contribution in [0.5, 0.6) is 0 Å². The number of hydrogen-bond acceptors (Lipinski definition) is 4. The molecule has 1 fully saturated rings. The molecule has 0 aromatic carbocycles. The molecule has 0 aromatic heterocycles. The van der Waals surface area contributed by atoms with Gasteiger partial charge in [-0.05, 0) is 53.0 Å². The molecule has 1 saturated heterocycles. The second kappa shape index (κ2) is 10.1. The summed E-state index contributed by atoms with van der Waals surface area (Å²) in [6.07, 6.45) is 3.98. The molecule has 1 aliphatic rings. The van der Waals surface area contributed by atoms with Gasteiger partial charge in [-0.15, -0.1) is 0 Å². The van der Waals surface area contributed by atoms with Crippen molar-refractivity contribution in [2.24, 2.45) is 0 Å². The van der Waals surface area contributed by atoms with Gasteiger partial charge in [0.1, 0.15) is 0 Å². The van der Waals surface area contributed by atoms with Crippen molar-refractivity contribution >= 4 is 11.8 Å². The third kappa shape index (κ3) is 7.62. The van der Waals surface area contributed by atoms with Crippen LogP contribution in [0, 0.1) is 0 Å². The van der Waals surface area contributed by atoms with Gasteiger partial charge >= 0.3 is 0 Å². The molecule has 0 spiro atoms. The summed E-state index contributed by atoms with van der Waals surface area (Å²) in [6.45, 7) is 9.62. The van der Waals surface area contributed by atoms with E-state index < -0.39 is 0 Å². The van der Waals surface area contributed by atoms with Crippen molar-refractivity contribution in [3.8, 4) is 0 Å². The van der Waals surface area contributed by atoms with Gasteiger partial charge in [-0.1, -0.05) is 6.92 Å². The summed E-state index contributed by atoms with van der Waals surface area (Å²) < 4.78 is 0. The van der Waals surface area contributed by atoms with Crippen LogP contribution in [0.25, 0.3) is 0 Å². The van der Waals surface area contributed by atoms with Crippen molar-refractivity contribution in [1.82, 2.24) is 15.1 Å². The molecule has 0 radical (unpaired) electrons. The van der Waals surface area contributed by atoms with Gasteiger partial charge in [-0.25, -0.2) is 0 Å². The standard InChI is InChI=1S/C14H31N3S/c1-4-9-17(11-10-16(2)3)12-13-18-14-5-7-15-8-6-14/h14-15H,4-13H2,1-3H3. The first kappa shape index (κ1) is 16.3. The van der Waals surface area contributed by atoms with Gasteiger partial charge in [-0.2, -0.15) is 11.8 Å². The Bertz CT molecular complexity index is 193. The fourth-order valence-corrected chi connectivity index (χ4v) is 3.57. The first-order chi connectivity index (χ1) is 8.72. The maximum atomic E-state index is 3.44. The Morgan fingerprint density at radius 3 is 2.39 bits per heavy atom. The van der Waals surface area contributed by atoms with E-state index in [0.29, 0.717) is 0 Å². The number of hydrogen-bond donors (Lipinski definition) is 1. The molecule has 1 rings (SSSR count). The Morgan fingerprint density at radius 1 is 1.06 bits per heavy atom. The van der Waals surface area contributed by atoms with Crippen molar-refractivity contribution in [1.29, 1.82) is 0 Å². The van der Waals surface area contributed by atoms with Gasteiger partial charge in [-0.3, -0.25) is 0 Å².